The number of carbonyl (C=O) groups excluding carboxylic acids is 1. The Kier molecular flexibility index (Phi) is 3.10. The molecule has 1 heterocycles. The number of rotatable bonds is 2. The summed E-state index contributed by atoms with van der Waals surface area (Å²) < 4.78 is 0. The van der Waals surface area contributed by atoms with Gasteiger partial charge in [-0.05, 0) is 74.5 Å². The summed E-state index contributed by atoms with van der Waals surface area (Å²) in [6.45, 7) is 1.54. The van der Waals surface area contributed by atoms with Crippen LogP contribution in [0.5, 0.6) is 0 Å². The van der Waals surface area contributed by atoms with Crippen molar-refractivity contribution in [3.05, 3.63) is 0 Å². The third-order valence-electron chi connectivity index (χ3n) is 6.51. The lowest BCUT2D eigenvalue weighted by Crippen LogP contribution is -2.49. The van der Waals surface area contributed by atoms with Gasteiger partial charge in [0.1, 0.15) is 0 Å². The number of amides is 1. The second-order valence-corrected chi connectivity index (χ2v) is 8.21. The molecule has 0 aromatic rings. The van der Waals surface area contributed by atoms with Gasteiger partial charge in [0.25, 0.3) is 0 Å². The van der Waals surface area contributed by atoms with E-state index in [0.29, 0.717) is 11.3 Å². The number of hydrogen-bond donors (Lipinski definition) is 1. The quantitative estimate of drug-likeness (QED) is 0.843. The molecule has 5 aliphatic rings. The molecular formula is C17H27NO2. The van der Waals surface area contributed by atoms with E-state index >= 15 is 0 Å². The summed E-state index contributed by atoms with van der Waals surface area (Å²) in [6, 6.07) is 0. The molecule has 112 valence electrons. The summed E-state index contributed by atoms with van der Waals surface area (Å²) in [7, 11) is 0. The average molecular weight is 277 g/mol. The highest BCUT2D eigenvalue weighted by atomic mass is 16.3. The molecule has 5 rings (SSSR count). The zero-order valence-electron chi connectivity index (χ0n) is 12.4. The Bertz CT molecular complexity index is 363. The molecule has 1 aliphatic heterocycles. The van der Waals surface area contributed by atoms with Crippen LogP contribution in [-0.2, 0) is 4.79 Å². The number of nitrogens with zero attached hydrogens (tertiary/aromatic N) is 1. The van der Waals surface area contributed by atoms with Gasteiger partial charge in [0.15, 0.2) is 0 Å². The predicted molar refractivity (Wildman–Crippen MR) is 77.0 cm³/mol. The summed E-state index contributed by atoms with van der Waals surface area (Å²) in [5.41, 5.74) is 0.363. The van der Waals surface area contributed by atoms with Crippen LogP contribution in [-0.4, -0.2) is 35.1 Å². The van der Waals surface area contributed by atoms with E-state index < -0.39 is 0 Å². The fourth-order valence-electron chi connectivity index (χ4n) is 6.05. The van der Waals surface area contributed by atoms with E-state index in [1.54, 1.807) is 0 Å². The number of carbonyl (C=O) groups is 1. The van der Waals surface area contributed by atoms with Gasteiger partial charge in [-0.15, -0.1) is 0 Å². The van der Waals surface area contributed by atoms with Crippen LogP contribution < -0.4 is 0 Å². The maximum Gasteiger partial charge on any atom is 0.223 e. The van der Waals surface area contributed by atoms with Gasteiger partial charge in [-0.1, -0.05) is 0 Å². The Labute approximate surface area is 121 Å². The van der Waals surface area contributed by atoms with E-state index in [0.717, 1.165) is 50.1 Å². The lowest BCUT2D eigenvalue weighted by molar-refractivity contribution is -0.141. The number of piperidine rings is 1. The molecule has 0 spiro atoms. The SMILES string of the molecule is O=C(CC12CC3CC(CC(C3)C1)C2)N1CCC(O)CC1. The molecule has 0 aromatic carbocycles. The van der Waals surface area contributed by atoms with Crippen molar-refractivity contribution in [3.8, 4) is 0 Å². The zero-order valence-corrected chi connectivity index (χ0v) is 12.4. The van der Waals surface area contributed by atoms with Crippen LogP contribution >= 0.6 is 0 Å². The first-order valence-corrected chi connectivity index (χ1v) is 8.58. The van der Waals surface area contributed by atoms with Crippen molar-refractivity contribution >= 4 is 5.91 Å². The standard InChI is InChI=1S/C17H27NO2/c19-15-1-3-18(4-2-15)16(20)11-17-8-12-5-13(9-17)7-14(6-12)10-17/h12-15,19H,1-11H2. The molecule has 3 nitrogen and oxygen atoms in total. The Morgan fingerprint density at radius 2 is 1.50 bits per heavy atom. The maximum absolute atomic E-state index is 12.6. The van der Waals surface area contributed by atoms with Gasteiger partial charge >= 0.3 is 0 Å². The monoisotopic (exact) mass is 277 g/mol. The van der Waals surface area contributed by atoms with Crippen LogP contribution in [0.4, 0.5) is 0 Å². The molecule has 0 aromatic heterocycles. The largest absolute Gasteiger partial charge is 0.393 e. The molecule has 0 atom stereocenters. The highest BCUT2D eigenvalue weighted by Gasteiger charge is 2.51. The summed E-state index contributed by atoms with van der Waals surface area (Å²) >= 11 is 0. The van der Waals surface area contributed by atoms with E-state index in [1.165, 1.54) is 38.5 Å². The minimum Gasteiger partial charge on any atom is -0.393 e. The molecule has 0 unspecified atom stereocenters. The van der Waals surface area contributed by atoms with Crippen LogP contribution in [0.25, 0.3) is 0 Å². The molecule has 4 aliphatic carbocycles. The molecule has 0 radical (unpaired) electrons. The number of aliphatic hydroxyl groups excluding tert-OH is 1. The highest BCUT2D eigenvalue weighted by Crippen LogP contribution is 2.61. The van der Waals surface area contributed by atoms with Crippen molar-refractivity contribution in [2.24, 2.45) is 23.2 Å². The number of likely N-dealkylation sites (tertiary alicyclic amines) is 1. The van der Waals surface area contributed by atoms with Crippen molar-refractivity contribution in [2.45, 2.75) is 63.9 Å². The van der Waals surface area contributed by atoms with Crippen LogP contribution in [0.2, 0.25) is 0 Å². The van der Waals surface area contributed by atoms with Gasteiger partial charge in [0, 0.05) is 19.5 Å². The summed E-state index contributed by atoms with van der Waals surface area (Å²) in [5.74, 6) is 3.16. The smallest absolute Gasteiger partial charge is 0.223 e. The molecule has 3 heteroatoms. The van der Waals surface area contributed by atoms with Crippen molar-refractivity contribution in [2.75, 3.05) is 13.1 Å². The maximum atomic E-state index is 12.6. The third kappa shape index (κ3) is 2.28. The van der Waals surface area contributed by atoms with Gasteiger partial charge < -0.3 is 10.0 Å². The van der Waals surface area contributed by atoms with Crippen molar-refractivity contribution in [3.63, 3.8) is 0 Å². The Balaban J connectivity index is 1.42. The van der Waals surface area contributed by atoms with E-state index in [1.807, 2.05) is 4.90 Å². The number of hydrogen-bond acceptors (Lipinski definition) is 2. The average Bonchev–Trinajstić information content (AvgIpc) is 2.37. The minimum absolute atomic E-state index is 0.182. The third-order valence-corrected chi connectivity index (χ3v) is 6.51. The van der Waals surface area contributed by atoms with Crippen LogP contribution in [0, 0.1) is 23.2 Å². The van der Waals surface area contributed by atoms with Crippen LogP contribution in [0.1, 0.15) is 57.8 Å². The molecule has 1 saturated heterocycles. The van der Waals surface area contributed by atoms with Crippen LogP contribution in [0.3, 0.4) is 0 Å². The van der Waals surface area contributed by atoms with E-state index in [-0.39, 0.29) is 6.10 Å². The fraction of sp³-hybridized carbons (Fsp3) is 0.941. The first kappa shape index (κ1) is 13.1. The molecule has 4 bridgehead atoms. The first-order chi connectivity index (χ1) is 9.62. The van der Waals surface area contributed by atoms with E-state index in [2.05, 4.69) is 0 Å². The van der Waals surface area contributed by atoms with E-state index in [9.17, 15) is 9.90 Å². The molecule has 5 fully saturated rings. The first-order valence-electron chi connectivity index (χ1n) is 8.58. The van der Waals surface area contributed by atoms with Gasteiger partial charge in [0.05, 0.1) is 6.10 Å². The lowest BCUT2D eigenvalue weighted by Gasteiger charge is -2.57. The minimum atomic E-state index is -0.182. The Hall–Kier alpha value is -0.570. The predicted octanol–water partition coefficient (Wildman–Crippen LogP) is 2.58. The lowest BCUT2D eigenvalue weighted by atomic mass is 9.49. The van der Waals surface area contributed by atoms with Gasteiger partial charge in [-0.2, -0.15) is 0 Å². The normalized spacial score (nSPS) is 44.0. The van der Waals surface area contributed by atoms with Crippen molar-refractivity contribution in [1.82, 2.24) is 4.90 Å². The van der Waals surface area contributed by atoms with Gasteiger partial charge in [0.2, 0.25) is 5.91 Å². The van der Waals surface area contributed by atoms with Gasteiger partial charge in [-0.3, -0.25) is 4.79 Å². The number of aliphatic hydroxyl groups is 1. The Morgan fingerprint density at radius 3 is 2.00 bits per heavy atom. The highest BCUT2D eigenvalue weighted by molar-refractivity contribution is 5.77. The molecule has 1 N–H and O–H groups in total. The molecular weight excluding hydrogens is 250 g/mol. The van der Waals surface area contributed by atoms with E-state index in [4.69, 9.17) is 0 Å². The van der Waals surface area contributed by atoms with Crippen molar-refractivity contribution in [1.29, 1.82) is 0 Å². The summed E-state index contributed by atoms with van der Waals surface area (Å²) in [4.78, 5) is 14.7. The second-order valence-electron chi connectivity index (χ2n) is 8.21. The molecule has 4 saturated carbocycles. The second kappa shape index (κ2) is 4.72. The zero-order chi connectivity index (χ0) is 13.7. The van der Waals surface area contributed by atoms with Crippen LogP contribution in [0.15, 0.2) is 0 Å². The van der Waals surface area contributed by atoms with Gasteiger partial charge in [-0.25, -0.2) is 0 Å². The molecule has 1 amide bonds. The Morgan fingerprint density at radius 1 is 1.00 bits per heavy atom. The topological polar surface area (TPSA) is 40.5 Å². The fourth-order valence-corrected chi connectivity index (χ4v) is 6.05. The summed E-state index contributed by atoms with van der Waals surface area (Å²) in [5, 5.41) is 9.57. The molecule has 20 heavy (non-hydrogen) atoms. The van der Waals surface area contributed by atoms with Crippen molar-refractivity contribution < 1.29 is 9.90 Å². The summed E-state index contributed by atoms with van der Waals surface area (Å²) in [6.07, 6.45) is 10.5.